The van der Waals surface area contributed by atoms with Crippen LogP contribution in [0.25, 0.3) is 11.1 Å². The average Bonchev–Trinajstić information content (AvgIpc) is 3.31. The van der Waals surface area contributed by atoms with Gasteiger partial charge >= 0.3 is 12.1 Å². The van der Waals surface area contributed by atoms with Crippen LogP contribution in [0.1, 0.15) is 47.1 Å². The van der Waals surface area contributed by atoms with Crippen molar-refractivity contribution >= 4 is 12.1 Å². The molecule has 1 N–H and O–H groups in total. The molecule has 0 fully saturated rings. The number of carbonyl (C=O) groups excluding carboxylic acids is 2. The number of amides is 1. The highest BCUT2D eigenvalue weighted by molar-refractivity contribution is 5.82. The maximum Gasteiger partial charge on any atom is 0.407 e. The maximum atomic E-state index is 12.7. The van der Waals surface area contributed by atoms with Crippen molar-refractivity contribution in [3.63, 3.8) is 0 Å². The number of fused-ring (bicyclic) bond motifs is 3. The third-order valence-electron chi connectivity index (χ3n) is 7.16. The van der Waals surface area contributed by atoms with Crippen molar-refractivity contribution in [3.05, 3.63) is 125 Å². The molecule has 1 aliphatic carbocycles. The van der Waals surface area contributed by atoms with Gasteiger partial charge in [0, 0.05) is 5.92 Å². The molecule has 0 saturated carbocycles. The lowest BCUT2D eigenvalue weighted by Gasteiger charge is -2.18. The normalized spacial score (nSPS) is 12.7. The summed E-state index contributed by atoms with van der Waals surface area (Å²) < 4.78 is 16.9. The maximum absolute atomic E-state index is 12.7. The molecule has 0 saturated heterocycles. The smallest absolute Gasteiger partial charge is 0.407 e. The van der Waals surface area contributed by atoms with Gasteiger partial charge in [0.1, 0.15) is 31.6 Å². The molecule has 204 valence electrons. The molecule has 40 heavy (non-hydrogen) atoms. The number of rotatable bonds is 10. The quantitative estimate of drug-likeness (QED) is 0.223. The van der Waals surface area contributed by atoms with Crippen molar-refractivity contribution in [2.45, 2.75) is 45.4 Å². The number of benzene rings is 4. The Labute approximate surface area is 234 Å². The van der Waals surface area contributed by atoms with Crippen LogP contribution < -0.4 is 10.1 Å². The zero-order valence-electron chi connectivity index (χ0n) is 22.8. The van der Waals surface area contributed by atoms with Crippen molar-refractivity contribution < 1.29 is 23.8 Å². The van der Waals surface area contributed by atoms with E-state index in [1.165, 1.54) is 5.56 Å². The zero-order valence-corrected chi connectivity index (χ0v) is 22.8. The van der Waals surface area contributed by atoms with Gasteiger partial charge in [-0.15, -0.1) is 0 Å². The van der Waals surface area contributed by atoms with Crippen LogP contribution in [0.5, 0.6) is 5.75 Å². The standard InChI is InChI=1S/C34H33NO5/c1-3-32(33(36)39-21-25-16-18-26(19-17-25)38-20-24-14-12-23(2)13-15-24)35-34(37)40-22-31-29-10-6-4-8-27(29)28-9-5-7-11-30(28)31/h4-19,31-32H,3,20-22H2,1-2H3,(H,35,37)/t32-/m0/s1. The summed E-state index contributed by atoms with van der Waals surface area (Å²) in [5.41, 5.74) is 7.72. The Balaban J connectivity index is 1.09. The minimum atomic E-state index is -0.798. The molecule has 0 aromatic heterocycles. The highest BCUT2D eigenvalue weighted by Gasteiger charge is 2.29. The van der Waals surface area contributed by atoms with Gasteiger partial charge in [-0.2, -0.15) is 0 Å². The molecule has 1 aliphatic rings. The summed E-state index contributed by atoms with van der Waals surface area (Å²) in [6, 6.07) is 31.1. The predicted octanol–water partition coefficient (Wildman–Crippen LogP) is 6.93. The van der Waals surface area contributed by atoms with E-state index in [1.54, 1.807) is 0 Å². The topological polar surface area (TPSA) is 73.9 Å². The number of alkyl carbamates (subject to hydrolysis) is 1. The fourth-order valence-corrected chi connectivity index (χ4v) is 4.90. The molecule has 0 bridgehead atoms. The first-order valence-corrected chi connectivity index (χ1v) is 13.6. The van der Waals surface area contributed by atoms with Crippen LogP contribution in [0.15, 0.2) is 97.1 Å². The summed E-state index contributed by atoms with van der Waals surface area (Å²) >= 11 is 0. The van der Waals surface area contributed by atoms with Crippen molar-refractivity contribution in [2.75, 3.05) is 6.61 Å². The predicted molar refractivity (Wildman–Crippen MR) is 154 cm³/mol. The molecular weight excluding hydrogens is 502 g/mol. The Morgan fingerprint density at radius 2 is 1.32 bits per heavy atom. The second kappa shape index (κ2) is 12.5. The van der Waals surface area contributed by atoms with E-state index in [4.69, 9.17) is 14.2 Å². The highest BCUT2D eigenvalue weighted by Crippen LogP contribution is 2.44. The lowest BCUT2D eigenvalue weighted by molar-refractivity contribution is -0.147. The molecule has 6 nitrogen and oxygen atoms in total. The minimum absolute atomic E-state index is 0.0472. The minimum Gasteiger partial charge on any atom is -0.489 e. The van der Waals surface area contributed by atoms with Gasteiger partial charge in [-0.3, -0.25) is 0 Å². The summed E-state index contributed by atoms with van der Waals surface area (Å²) in [4.78, 5) is 25.3. The first-order valence-electron chi connectivity index (χ1n) is 13.6. The Hall–Kier alpha value is -4.58. The number of esters is 1. The molecule has 1 atom stereocenters. The van der Waals surface area contributed by atoms with Crippen LogP contribution in [0.2, 0.25) is 0 Å². The van der Waals surface area contributed by atoms with Crippen LogP contribution in [-0.4, -0.2) is 24.7 Å². The van der Waals surface area contributed by atoms with Gasteiger partial charge in [-0.05, 0) is 58.9 Å². The molecule has 0 heterocycles. The summed E-state index contributed by atoms with van der Waals surface area (Å²) in [6.07, 6.45) is -0.254. The Morgan fingerprint density at radius 3 is 1.95 bits per heavy atom. The number of aryl methyl sites for hydroxylation is 1. The average molecular weight is 536 g/mol. The highest BCUT2D eigenvalue weighted by atomic mass is 16.6. The molecule has 6 heteroatoms. The Kier molecular flexibility index (Phi) is 8.45. The summed E-state index contributed by atoms with van der Waals surface area (Å²) in [6.45, 7) is 4.63. The Bertz CT molecular complexity index is 1420. The van der Waals surface area contributed by atoms with Gasteiger partial charge in [0.15, 0.2) is 0 Å². The molecule has 0 aliphatic heterocycles. The Morgan fingerprint density at radius 1 is 0.750 bits per heavy atom. The van der Waals surface area contributed by atoms with Crippen molar-refractivity contribution in [2.24, 2.45) is 0 Å². The summed E-state index contributed by atoms with van der Waals surface area (Å²) in [5, 5.41) is 2.66. The molecule has 4 aromatic carbocycles. The van der Waals surface area contributed by atoms with Crippen LogP contribution in [0.3, 0.4) is 0 Å². The molecule has 5 rings (SSSR count). The summed E-state index contributed by atoms with van der Waals surface area (Å²) in [5.74, 6) is 0.184. The number of nitrogens with one attached hydrogen (secondary N) is 1. The zero-order chi connectivity index (χ0) is 27.9. The number of hydrogen-bond donors (Lipinski definition) is 1. The number of hydrogen-bond acceptors (Lipinski definition) is 5. The fraction of sp³-hybridized carbons (Fsp3) is 0.235. The van der Waals surface area contributed by atoms with Gasteiger partial charge in [0.2, 0.25) is 0 Å². The van der Waals surface area contributed by atoms with Crippen LogP contribution >= 0.6 is 0 Å². The van der Waals surface area contributed by atoms with Crippen LogP contribution in [0, 0.1) is 6.92 Å². The first-order chi connectivity index (χ1) is 19.5. The molecule has 0 spiro atoms. The summed E-state index contributed by atoms with van der Waals surface area (Å²) in [7, 11) is 0. The lowest BCUT2D eigenvalue weighted by atomic mass is 9.98. The van der Waals surface area contributed by atoms with Gasteiger partial charge in [0.25, 0.3) is 0 Å². The van der Waals surface area contributed by atoms with Crippen LogP contribution in [-0.2, 0) is 27.5 Å². The molecular formula is C34H33NO5. The second-order valence-corrected chi connectivity index (χ2v) is 9.96. The largest absolute Gasteiger partial charge is 0.489 e. The van der Waals surface area contributed by atoms with E-state index in [0.717, 1.165) is 39.1 Å². The second-order valence-electron chi connectivity index (χ2n) is 9.96. The fourth-order valence-electron chi connectivity index (χ4n) is 4.90. The van der Waals surface area contributed by atoms with Gasteiger partial charge < -0.3 is 19.5 Å². The third-order valence-corrected chi connectivity index (χ3v) is 7.16. The SMILES string of the molecule is CC[C@H](NC(=O)OCC1c2ccccc2-c2ccccc21)C(=O)OCc1ccc(OCc2ccc(C)cc2)cc1. The van der Waals surface area contributed by atoms with Crippen molar-refractivity contribution in [3.8, 4) is 16.9 Å². The van der Waals surface area contributed by atoms with E-state index in [9.17, 15) is 9.59 Å². The van der Waals surface area contributed by atoms with Gasteiger partial charge in [-0.25, -0.2) is 9.59 Å². The van der Waals surface area contributed by atoms with E-state index in [-0.39, 0.29) is 19.1 Å². The molecule has 1 amide bonds. The van der Waals surface area contributed by atoms with E-state index >= 15 is 0 Å². The molecule has 4 aromatic rings. The van der Waals surface area contributed by atoms with Crippen molar-refractivity contribution in [1.29, 1.82) is 0 Å². The van der Waals surface area contributed by atoms with E-state index in [0.29, 0.717) is 13.0 Å². The van der Waals surface area contributed by atoms with E-state index in [2.05, 4.69) is 48.6 Å². The molecule has 0 radical (unpaired) electrons. The van der Waals surface area contributed by atoms with E-state index < -0.39 is 18.1 Å². The monoisotopic (exact) mass is 535 g/mol. The van der Waals surface area contributed by atoms with Gasteiger partial charge in [0.05, 0.1) is 0 Å². The number of ether oxygens (including phenoxy) is 3. The lowest BCUT2D eigenvalue weighted by Crippen LogP contribution is -2.42. The first kappa shape index (κ1) is 27.0. The third kappa shape index (κ3) is 6.34. The van der Waals surface area contributed by atoms with E-state index in [1.807, 2.05) is 67.6 Å². The molecule has 0 unspecified atom stereocenters. The van der Waals surface area contributed by atoms with Crippen molar-refractivity contribution in [1.82, 2.24) is 5.32 Å². The van der Waals surface area contributed by atoms with Crippen LogP contribution in [0.4, 0.5) is 4.79 Å². The van der Waals surface area contributed by atoms with Gasteiger partial charge in [-0.1, -0.05) is 97.4 Å². The number of carbonyl (C=O) groups is 2.